The highest BCUT2D eigenvalue weighted by molar-refractivity contribution is 7.21. The second-order valence-corrected chi connectivity index (χ2v) is 12.5. The SMILES string of the molecule is c1ccc(-c2ccc3sc(-c4ccc5c6cc(-c7ccccc7)ccc6n(-c6cccc(-c7ccccn7)c6)c5c4)nc3c2)cc1. The molecule has 0 aliphatic heterocycles. The first-order valence-electron chi connectivity index (χ1n) is 15.4. The first kappa shape index (κ1) is 26.6. The van der Waals surface area contributed by atoms with Gasteiger partial charge in [0.05, 0.1) is 26.9 Å². The van der Waals surface area contributed by atoms with E-state index in [1.165, 1.54) is 43.2 Å². The molecular formula is C42H27N3S. The van der Waals surface area contributed by atoms with E-state index >= 15 is 0 Å². The molecule has 0 fully saturated rings. The maximum absolute atomic E-state index is 5.14. The lowest BCUT2D eigenvalue weighted by Gasteiger charge is -2.11. The summed E-state index contributed by atoms with van der Waals surface area (Å²) in [6.07, 6.45) is 1.85. The van der Waals surface area contributed by atoms with Crippen molar-refractivity contribution in [2.45, 2.75) is 0 Å². The van der Waals surface area contributed by atoms with Crippen molar-refractivity contribution < 1.29 is 0 Å². The van der Waals surface area contributed by atoms with E-state index in [1.54, 1.807) is 11.3 Å². The number of hydrogen-bond donors (Lipinski definition) is 0. The first-order valence-corrected chi connectivity index (χ1v) is 16.2. The molecule has 46 heavy (non-hydrogen) atoms. The maximum atomic E-state index is 5.14. The molecule has 9 aromatic rings. The Labute approximate surface area is 270 Å². The van der Waals surface area contributed by atoms with Crippen molar-refractivity contribution in [1.82, 2.24) is 14.5 Å². The molecule has 3 nitrogen and oxygen atoms in total. The van der Waals surface area contributed by atoms with Crippen LogP contribution in [-0.2, 0) is 0 Å². The number of rotatable bonds is 5. The second-order valence-electron chi connectivity index (χ2n) is 11.5. The van der Waals surface area contributed by atoms with E-state index in [9.17, 15) is 0 Å². The zero-order valence-electron chi connectivity index (χ0n) is 24.8. The Morgan fingerprint density at radius 1 is 0.457 bits per heavy atom. The van der Waals surface area contributed by atoms with Crippen molar-refractivity contribution in [3.05, 3.63) is 164 Å². The number of hydrogen-bond acceptors (Lipinski definition) is 3. The number of pyridine rings is 1. The number of fused-ring (bicyclic) bond motifs is 4. The molecule has 4 heteroatoms. The summed E-state index contributed by atoms with van der Waals surface area (Å²) in [6.45, 7) is 0. The van der Waals surface area contributed by atoms with Crippen molar-refractivity contribution in [3.8, 4) is 49.8 Å². The summed E-state index contributed by atoms with van der Waals surface area (Å²) in [5, 5.41) is 3.46. The zero-order valence-corrected chi connectivity index (χ0v) is 25.7. The fourth-order valence-electron chi connectivity index (χ4n) is 6.44. The highest BCUT2D eigenvalue weighted by Gasteiger charge is 2.17. The van der Waals surface area contributed by atoms with Crippen LogP contribution in [0.1, 0.15) is 0 Å². The van der Waals surface area contributed by atoms with Crippen LogP contribution >= 0.6 is 11.3 Å². The molecule has 0 unspecified atom stereocenters. The smallest absolute Gasteiger partial charge is 0.124 e. The van der Waals surface area contributed by atoms with Crippen LogP contribution in [0, 0.1) is 0 Å². The van der Waals surface area contributed by atoms with Crippen molar-refractivity contribution in [2.24, 2.45) is 0 Å². The predicted octanol–water partition coefficient (Wildman–Crippen LogP) is 11.5. The van der Waals surface area contributed by atoms with E-state index < -0.39 is 0 Å². The minimum Gasteiger partial charge on any atom is -0.309 e. The summed E-state index contributed by atoms with van der Waals surface area (Å²) in [6, 6.07) is 56.0. The van der Waals surface area contributed by atoms with Gasteiger partial charge in [-0.25, -0.2) is 4.98 Å². The van der Waals surface area contributed by atoms with Gasteiger partial charge >= 0.3 is 0 Å². The Morgan fingerprint density at radius 2 is 1.17 bits per heavy atom. The molecule has 0 aliphatic rings. The molecule has 6 aromatic carbocycles. The summed E-state index contributed by atoms with van der Waals surface area (Å²) >= 11 is 1.74. The third-order valence-corrected chi connectivity index (χ3v) is 9.77. The van der Waals surface area contributed by atoms with Crippen LogP contribution in [-0.4, -0.2) is 14.5 Å². The number of benzene rings is 6. The molecular weight excluding hydrogens is 579 g/mol. The van der Waals surface area contributed by atoms with E-state index in [0.29, 0.717) is 0 Å². The molecule has 3 heterocycles. The Kier molecular flexibility index (Phi) is 6.32. The third-order valence-electron chi connectivity index (χ3n) is 8.68. The van der Waals surface area contributed by atoms with E-state index in [1.807, 2.05) is 18.3 Å². The predicted molar refractivity (Wildman–Crippen MR) is 193 cm³/mol. The minimum atomic E-state index is 0.960. The van der Waals surface area contributed by atoms with Crippen molar-refractivity contribution in [1.29, 1.82) is 0 Å². The Morgan fingerprint density at radius 3 is 1.96 bits per heavy atom. The Balaban J connectivity index is 1.24. The highest BCUT2D eigenvalue weighted by Crippen LogP contribution is 2.39. The second kappa shape index (κ2) is 11.0. The molecule has 0 saturated heterocycles. The number of aromatic nitrogens is 3. The van der Waals surface area contributed by atoms with Crippen LogP contribution in [0.25, 0.3) is 81.8 Å². The fraction of sp³-hybridized carbons (Fsp3) is 0. The van der Waals surface area contributed by atoms with Gasteiger partial charge in [-0.3, -0.25) is 4.98 Å². The molecule has 0 bridgehead atoms. The largest absolute Gasteiger partial charge is 0.309 e. The first-order chi connectivity index (χ1) is 22.8. The Hall–Kier alpha value is -5.84. The van der Waals surface area contributed by atoms with Crippen molar-refractivity contribution in [3.63, 3.8) is 0 Å². The van der Waals surface area contributed by atoms with E-state index in [4.69, 9.17) is 4.98 Å². The van der Waals surface area contributed by atoms with E-state index in [0.717, 1.165) is 38.5 Å². The summed E-state index contributed by atoms with van der Waals surface area (Å²) in [7, 11) is 0. The quantitative estimate of drug-likeness (QED) is 0.195. The standard InChI is InChI=1S/C42H27N3S/c1-3-10-28(11-4-1)30-18-21-39-36(25-30)35-20-17-33(42-44-38-26-31(19-22-41(38)46-42)29-12-5-2-6-13-29)27-40(35)45(39)34-15-9-14-32(24-34)37-16-7-8-23-43-37/h1-27H. The van der Waals surface area contributed by atoms with Crippen LogP contribution < -0.4 is 0 Å². The molecule has 0 radical (unpaired) electrons. The number of thiazole rings is 1. The van der Waals surface area contributed by atoms with Gasteiger partial charge in [0.25, 0.3) is 0 Å². The zero-order chi connectivity index (χ0) is 30.5. The monoisotopic (exact) mass is 605 g/mol. The van der Waals surface area contributed by atoms with Gasteiger partial charge in [-0.05, 0) is 76.9 Å². The van der Waals surface area contributed by atoms with Gasteiger partial charge in [-0.2, -0.15) is 0 Å². The van der Waals surface area contributed by atoms with Gasteiger partial charge in [0.2, 0.25) is 0 Å². The summed E-state index contributed by atoms with van der Waals surface area (Å²) in [5.74, 6) is 0. The highest BCUT2D eigenvalue weighted by atomic mass is 32.1. The molecule has 0 spiro atoms. The molecule has 9 rings (SSSR count). The maximum Gasteiger partial charge on any atom is 0.124 e. The van der Waals surface area contributed by atoms with Crippen LogP contribution in [0.15, 0.2) is 164 Å². The average molecular weight is 606 g/mol. The Bertz CT molecular complexity index is 2510. The third kappa shape index (κ3) is 4.59. The lowest BCUT2D eigenvalue weighted by atomic mass is 10.0. The van der Waals surface area contributed by atoms with Crippen LogP contribution in [0.2, 0.25) is 0 Å². The van der Waals surface area contributed by atoms with Gasteiger partial charge in [-0.15, -0.1) is 11.3 Å². The average Bonchev–Trinajstić information content (AvgIpc) is 3.71. The van der Waals surface area contributed by atoms with Gasteiger partial charge in [-0.1, -0.05) is 103 Å². The van der Waals surface area contributed by atoms with Gasteiger partial charge in [0.1, 0.15) is 5.01 Å². The molecule has 0 aliphatic carbocycles. The van der Waals surface area contributed by atoms with Crippen LogP contribution in [0.5, 0.6) is 0 Å². The van der Waals surface area contributed by atoms with Crippen molar-refractivity contribution in [2.75, 3.05) is 0 Å². The molecule has 0 amide bonds. The summed E-state index contributed by atoms with van der Waals surface area (Å²) in [5.41, 5.74) is 12.4. The fourth-order valence-corrected chi connectivity index (χ4v) is 7.38. The van der Waals surface area contributed by atoms with Gasteiger partial charge in [0.15, 0.2) is 0 Å². The van der Waals surface area contributed by atoms with Crippen LogP contribution in [0.3, 0.4) is 0 Å². The van der Waals surface area contributed by atoms with Gasteiger partial charge < -0.3 is 4.57 Å². The molecule has 216 valence electrons. The topological polar surface area (TPSA) is 30.7 Å². The molecule has 0 N–H and O–H groups in total. The molecule has 0 saturated carbocycles. The molecule has 3 aromatic heterocycles. The summed E-state index contributed by atoms with van der Waals surface area (Å²) in [4.78, 5) is 9.77. The summed E-state index contributed by atoms with van der Waals surface area (Å²) < 4.78 is 3.57. The van der Waals surface area contributed by atoms with Crippen LogP contribution in [0.4, 0.5) is 0 Å². The molecule has 0 atom stereocenters. The lowest BCUT2D eigenvalue weighted by molar-refractivity contribution is 1.18. The van der Waals surface area contributed by atoms with E-state index in [2.05, 4.69) is 155 Å². The minimum absolute atomic E-state index is 0.960. The number of nitrogens with zero attached hydrogens (tertiary/aromatic N) is 3. The normalized spacial score (nSPS) is 11.5. The van der Waals surface area contributed by atoms with Crippen molar-refractivity contribution >= 4 is 43.4 Å². The lowest BCUT2D eigenvalue weighted by Crippen LogP contribution is -1.95. The van der Waals surface area contributed by atoms with Gasteiger partial charge in [0, 0.05) is 33.8 Å². The van der Waals surface area contributed by atoms with E-state index in [-0.39, 0.29) is 0 Å².